The van der Waals surface area contributed by atoms with Crippen LogP contribution in [-0.2, 0) is 5.75 Å². The zero-order chi connectivity index (χ0) is 15.5. The Morgan fingerprint density at radius 3 is 2.55 bits per heavy atom. The number of para-hydroxylation sites is 1. The molecule has 0 bridgehead atoms. The monoisotopic (exact) mass is 310 g/mol. The molecule has 110 valence electrons. The molecule has 4 nitrogen and oxygen atoms in total. The van der Waals surface area contributed by atoms with Gasteiger partial charge in [-0.25, -0.2) is 14.8 Å². The molecule has 1 aromatic heterocycles. The molecule has 22 heavy (non-hydrogen) atoms. The molecule has 0 atom stereocenters. The lowest BCUT2D eigenvalue weighted by molar-refractivity contribution is 0.0697. The molecule has 0 aliphatic rings. The Morgan fingerprint density at radius 1 is 1.09 bits per heavy atom. The van der Waals surface area contributed by atoms with Gasteiger partial charge in [-0.1, -0.05) is 42.1 Å². The average molecular weight is 310 g/mol. The summed E-state index contributed by atoms with van der Waals surface area (Å²) >= 11 is 1.55. The normalized spacial score (nSPS) is 10.8. The Bertz CT molecular complexity index is 832. The second-order valence-electron chi connectivity index (χ2n) is 4.90. The standard InChI is InChI=1S/C17H14N2O2S/c1-11-14-4-2-3-5-15(14)19-17(18-11)22-10-12-6-8-13(9-7-12)16(20)21/h2-9H,10H2,1H3,(H,20,21). The van der Waals surface area contributed by atoms with Gasteiger partial charge in [0.15, 0.2) is 5.16 Å². The number of rotatable bonds is 4. The van der Waals surface area contributed by atoms with Crippen molar-refractivity contribution in [1.29, 1.82) is 0 Å². The second-order valence-corrected chi connectivity index (χ2v) is 5.84. The van der Waals surface area contributed by atoms with Crippen LogP contribution in [0.1, 0.15) is 21.6 Å². The van der Waals surface area contributed by atoms with Gasteiger partial charge in [-0.15, -0.1) is 0 Å². The van der Waals surface area contributed by atoms with Crippen molar-refractivity contribution in [3.63, 3.8) is 0 Å². The van der Waals surface area contributed by atoms with Crippen LogP contribution in [0.25, 0.3) is 10.9 Å². The third-order valence-corrected chi connectivity index (χ3v) is 4.26. The molecular weight excluding hydrogens is 296 g/mol. The van der Waals surface area contributed by atoms with E-state index in [4.69, 9.17) is 5.11 Å². The van der Waals surface area contributed by atoms with E-state index in [-0.39, 0.29) is 0 Å². The number of aryl methyl sites for hydroxylation is 1. The van der Waals surface area contributed by atoms with Gasteiger partial charge >= 0.3 is 5.97 Å². The summed E-state index contributed by atoms with van der Waals surface area (Å²) in [5.41, 5.74) is 3.25. The lowest BCUT2D eigenvalue weighted by Gasteiger charge is -2.05. The predicted molar refractivity (Wildman–Crippen MR) is 87.2 cm³/mol. The van der Waals surface area contributed by atoms with Gasteiger partial charge < -0.3 is 5.11 Å². The number of benzene rings is 2. The van der Waals surface area contributed by atoms with E-state index in [0.29, 0.717) is 11.3 Å². The first kappa shape index (κ1) is 14.5. The van der Waals surface area contributed by atoms with Crippen molar-refractivity contribution < 1.29 is 9.90 Å². The summed E-state index contributed by atoms with van der Waals surface area (Å²) in [7, 11) is 0. The molecule has 3 rings (SSSR count). The predicted octanol–water partition coefficient (Wildman–Crippen LogP) is 3.93. The lowest BCUT2D eigenvalue weighted by atomic mass is 10.1. The quantitative estimate of drug-likeness (QED) is 0.584. The van der Waals surface area contributed by atoms with E-state index in [9.17, 15) is 4.79 Å². The SMILES string of the molecule is Cc1nc(SCc2ccc(C(=O)O)cc2)nc2ccccc12. The third-order valence-electron chi connectivity index (χ3n) is 3.34. The van der Waals surface area contributed by atoms with Gasteiger partial charge in [0.1, 0.15) is 0 Å². The summed E-state index contributed by atoms with van der Waals surface area (Å²) in [4.78, 5) is 19.9. The summed E-state index contributed by atoms with van der Waals surface area (Å²) in [5.74, 6) is -0.204. The van der Waals surface area contributed by atoms with Crippen LogP contribution < -0.4 is 0 Å². The first-order valence-electron chi connectivity index (χ1n) is 6.82. The minimum atomic E-state index is -0.910. The van der Waals surface area contributed by atoms with Crippen molar-refractivity contribution in [3.8, 4) is 0 Å². The fraction of sp³-hybridized carbons (Fsp3) is 0.118. The number of aromatic nitrogens is 2. The average Bonchev–Trinajstić information content (AvgIpc) is 2.53. The van der Waals surface area contributed by atoms with E-state index in [0.717, 1.165) is 27.3 Å². The molecule has 0 saturated carbocycles. The number of aromatic carboxylic acids is 1. The van der Waals surface area contributed by atoms with Crippen molar-refractivity contribution in [2.45, 2.75) is 17.8 Å². The fourth-order valence-electron chi connectivity index (χ4n) is 2.16. The minimum Gasteiger partial charge on any atom is -0.478 e. The summed E-state index contributed by atoms with van der Waals surface area (Å²) in [6.45, 7) is 1.98. The van der Waals surface area contributed by atoms with Crippen LogP contribution in [0.3, 0.4) is 0 Å². The summed E-state index contributed by atoms with van der Waals surface area (Å²) in [5, 5.41) is 10.7. The number of hydrogen-bond donors (Lipinski definition) is 1. The highest BCUT2D eigenvalue weighted by Gasteiger charge is 2.06. The smallest absolute Gasteiger partial charge is 0.335 e. The number of fused-ring (bicyclic) bond motifs is 1. The van der Waals surface area contributed by atoms with Crippen LogP contribution in [0, 0.1) is 6.92 Å². The Balaban J connectivity index is 1.77. The Morgan fingerprint density at radius 2 is 1.82 bits per heavy atom. The molecule has 0 amide bonds. The molecule has 0 saturated heterocycles. The van der Waals surface area contributed by atoms with Gasteiger partial charge in [0.05, 0.1) is 11.1 Å². The van der Waals surface area contributed by atoms with E-state index in [1.165, 1.54) is 0 Å². The highest BCUT2D eigenvalue weighted by molar-refractivity contribution is 7.98. The zero-order valence-electron chi connectivity index (χ0n) is 12.0. The third kappa shape index (κ3) is 3.09. The molecule has 0 radical (unpaired) electrons. The van der Waals surface area contributed by atoms with Crippen LogP contribution >= 0.6 is 11.8 Å². The number of hydrogen-bond acceptors (Lipinski definition) is 4. The van der Waals surface area contributed by atoms with Crippen LogP contribution in [0.5, 0.6) is 0 Å². The number of carboxylic acids is 1. The summed E-state index contributed by atoms with van der Waals surface area (Å²) in [6.07, 6.45) is 0. The van der Waals surface area contributed by atoms with Crippen LogP contribution in [0.4, 0.5) is 0 Å². The zero-order valence-corrected chi connectivity index (χ0v) is 12.8. The molecule has 3 aromatic rings. The summed E-state index contributed by atoms with van der Waals surface area (Å²) in [6, 6.07) is 14.8. The van der Waals surface area contributed by atoms with Gasteiger partial charge in [-0.3, -0.25) is 0 Å². The van der Waals surface area contributed by atoms with Gasteiger partial charge in [0.25, 0.3) is 0 Å². The Kier molecular flexibility index (Phi) is 4.06. The number of thioether (sulfide) groups is 1. The molecule has 0 aliphatic carbocycles. The van der Waals surface area contributed by atoms with Gasteiger partial charge in [-0.05, 0) is 30.7 Å². The number of nitrogens with zero attached hydrogens (tertiary/aromatic N) is 2. The largest absolute Gasteiger partial charge is 0.478 e. The van der Waals surface area contributed by atoms with E-state index in [1.54, 1.807) is 23.9 Å². The molecule has 1 heterocycles. The highest BCUT2D eigenvalue weighted by Crippen LogP contribution is 2.23. The molecule has 0 fully saturated rings. The maximum atomic E-state index is 10.8. The number of carboxylic acid groups (broad SMARTS) is 1. The molecule has 1 N–H and O–H groups in total. The van der Waals surface area contributed by atoms with E-state index in [1.807, 2.05) is 43.3 Å². The Labute approximate surface area is 132 Å². The summed E-state index contributed by atoms with van der Waals surface area (Å²) < 4.78 is 0. The molecule has 5 heteroatoms. The minimum absolute atomic E-state index is 0.298. The first-order valence-corrected chi connectivity index (χ1v) is 7.80. The Hall–Kier alpha value is -2.40. The second kappa shape index (κ2) is 6.15. The van der Waals surface area contributed by atoms with E-state index >= 15 is 0 Å². The van der Waals surface area contributed by atoms with E-state index < -0.39 is 5.97 Å². The number of carbonyl (C=O) groups is 1. The first-order chi connectivity index (χ1) is 10.6. The lowest BCUT2D eigenvalue weighted by Crippen LogP contribution is -1.96. The molecule has 0 spiro atoms. The van der Waals surface area contributed by atoms with Gasteiger partial charge in [0.2, 0.25) is 0 Å². The fourth-order valence-corrected chi connectivity index (χ4v) is 3.02. The highest BCUT2D eigenvalue weighted by atomic mass is 32.2. The van der Waals surface area contributed by atoms with Crippen molar-refractivity contribution in [2.75, 3.05) is 0 Å². The van der Waals surface area contributed by atoms with Crippen LogP contribution in [-0.4, -0.2) is 21.0 Å². The van der Waals surface area contributed by atoms with Crippen LogP contribution in [0.2, 0.25) is 0 Å². The van der Waals surface area contributed by atoms with Crippen molar-refractivity contribution in [3.05, 3.63) is 65.4 Å². The van der Waals surface area contributed by atoms with Crippen LogP contribution in [0.15, 0.2) is 53.7 Å². The molecule has 0 aliphatic heterocycles. The molecule has 2 aromatic carbocycles. The molecule has 0 unspecified atom stereocenters. The van der Waals surface area contributed by atoms with E-state index in [2.05, 4.69) is 9.97 Å². The maximum Gasteiger partial charge on any atom is 0.335 e. The van der Waals surface area contributed by atoms with Crippen molar-refractivity contribution in [1.82, 2.24) is 9.97 Å². The van der Waals surface area contributed by atoms with Crippen molar-refractivity contribution >= 4 is 28.6 Å². The van der Waals surface area contributed by atoms with Gasteiger partial charge in [0, 0.05) is 16.8 Å². The van der Waals surface area contributed by atoms with Crippen molar-refractivity contribution in [2.24, 2.45) is 0 Å². The molecular formula is C17H14N2O2S. The maximum absolute atomic E-state index is 10.8. The topological polar surface area (TPSA) is 63.1 Å². The van der Waals surface area contributed by atoms with Gasteiger partial charge in [-0.2, -0.15) is 0 Å².